The van der Waals surface area contributed by atoms with E-state index in [0.717, 1.165) is 25.7 Å². The molecule has 1 heterocycles. The van der Waals surface area contributed by atoms with E-state index in [1.807, 2.05) is 0 Å². The Morgan fingerprint density at radius 3 is 2.44 bits per heavy atom. The van der Waals surface area contributed by atoms with Gasteiger partial charge in [0.2, 0.25) is 0 Å². The summed E-state index contributed by atoms with van der Waals surface area (Å²) in [6, 6.07) is 10.1. The topological polar surface area (TPSA) is 71.1 Å². The number of hydrogen-bond acceptors (Lipinski definition) is 3. The molecule has 2 N–H and O–H groups in total. The average Bonchev–Trinajstić information content (AvgIpc) is 2.64. The van der Waals surface area contributed by atoms with E-state index in [-0.39, 0.29) is 23.6 Å². The van der Waals surface area contributed by atoms with Crippen LogP contribution in [0, 0.1) is 0 Å². The van der Waals surface area contributed by atoms with Crippen LogP contribution in [0.4, 0.5) is 5.69 Å². The summed E-state index contributed by atoms with van der Waals surface area (Å²) in [7, 11) is 0. The number of hydrogen-bond donors (Lipinski definition) is 2. The van der Waals surface area contributed by atoms with Crippen LogP contribution in [0.2, 0.25) is 5.02 Å². The Hall–Kier alpha value is -2.40. The second kappa shape index (κ2) is 8.12. The van der Waals surface area contributed by atoms with Crippen molar-refractivity contribution in [2.45, 2.75) is 38.1 Å². The van der Waals surface area contributed by atoms with Crippen LogP contribution in [0.15, 0.2) is 42.6 Å². The predicted octanol–water partition coefficient (Wildman–Crippen LogP) is 4.05. The number of anilines is 1. The lowest BCUT2D eigenvalue weighted by Gasteiger charge is -2.22. The molecule has 25 heavy (non-hydrogen) atoms. The van der Waals surface area contributed by atoms with Gasteiger partial charge in [0.15, 0.2) is 0 Å². The van der Waals surface area contributed by atoms with E-state index in [1.165, 1.54) is 18.7 Å². The third-order valence-electron chi connectivity index (χ3n) is 4.30. The number of carbonyl (C=O) groups excluding carboxylic acids is 2. The number of benzene rings is 1. The minimum atomic E-state index is -0.295. The first-order valence-corrected chi connectivity index (χ1v) is 8.83. The van der Waals surface area contributed by atoms with Gasteiger partial charge in [-0.1, -0.05) is 30.9 Å². The van der Waals surface area contributed by atoms with Crippen LogP contribution in [-0.4, -0.2) is 22.8 Å². The van der Waals surface area contributed by atoms with Gasteiger partial charge in [0, 0.05) is 28.5 Å². The fraction of sp³-hybridized carbons (Fsp3) is 0.316. The van der Waals surface area contributed by atoms with Gasteiger partial charge in [-0.3, -0.25) is 14.6 Å². The van der Waals surface area contributed by atoms with Gasteiger partial charge in [0.05, 0.1) is 0 Å². The predicted molar refractivity (Wildman–Crippen MR) is 98.0 cm³/mol. The van der Waals surface area contributed by atoms with E-state index < -0.39 is 0 Å². The molecule has 1 aromatic carbocycles. The Bertz CT molecular complexity index is 756. The molecule has 1 saturated carbocycles. The number of pyridine rings is 1. The van der Waals surface area contributed by atoms with Gasteiger partial charge in [-0.2, -0.15) is 0 Å². The van der Waals surface area contributed by atoms with Crippen molar-refractivity contribution >= 4 is 29.1 Å². The molecule has 2 aromatic rings. The quantitative estimate of drug-likeness (QED) is 0.867. The highest BCUT2D eigenvalue weighted by molar-refractivity contribution is 6.30. The molecule has 0 aliphatic heterocycles. The molecule has 1 aromatic heterocycles. The monoisotopic (exact) mass is 357 g/mol. The van der Waals surface area contributed by atoms with Gasteiger partial charge < -0.3 is 10.6 Å². The fourth-order valence-electron chi connectivity index (χ4n) is 2.94. The first kappa shape index (κ1) is 17.4. The molecule has 2 amide bonds. The maximum Gasteiger partial charge on any atom is 0.270 e. The highest BCUT2D eigenvalue weighted by Crippen LogP contribution is 2.18. The van der Waals surface area contributed by atoms with Crippen molar-refractivity contribution in [1.82, 2.24) is 10.3 Å². The molecule has 6 heteroatoms. The third-order valence-corrected chi connectivity index (χ3v) is 4.55. The zero-order valence-electron chi connectivity index (χ0n) is 13.8. The number of rotatable bonds is 4. The van der Waals surface area contributed by atoms with E-state index in [2.05, 4.69) is 15.6 Å². The van der Waals surface area contributed by atoms with E-state index in [0.29, 0.717) is 16.3 Å². The van der Waals surface area contributed by atoms with Crippen LogP contribution in [0.1, 0.15) is 53.0 Å². The minimum absolute atomic E-state index is 0.203. The number of amides is 2. The van der Waals surface area contributed by atoms with E-state index in [4.69, 9.17) is 11.6 Å². The van der Waals surface area contributed by atoms with Crippen LogP contribution in [0.25, 0.3) is 0 Å². The molecule has 1 aliphatic rings. The molecule has 0 saturated heterocycles. The molecule has 0 atom stereocenters. The summed E-state index contributed by atoms with van der Waals surface area (Å²) in [5.41, 5.74) is 1.28. The highest BCUT2D eigenvalue weighted by atomic mass is 35.5. The maximum absolute atomic E-state index is 12.4. The number of nitrogens with zero attached hydrogens (tertiary/aromatic N) is 1. The van der Waals surface area contributed by atoms with Crippen molar-refractivity contribution in [2.24, 2.45) is 0 Å². The number of halogens is 1. The third kappa shape index (κ3) is 4.79. The van der Waals surface area contributed by atoms with Crippen LogP contribution in [0.5, 0.6) is 0 Å². The molecular weight excluding hydrogens is 338 g/mol. The van der Waals surface area contributed by atoms with Crippen LogP contribution in [0.3, 0.4) is 0 Å². The summed E-state index contributed by atoms with van der Waals surface area (Å²) in [6.07, 6.45) is 6.99. The van der Waals surface area contributed by atoms with Crippen molar-refractivity contribution in [3.8, 4) is 0 Å². The first-order chi connectivity index (χ1) is 12.1. The average molecular weight is 358 g/mol. The van der Waals surface area contributed by atoms with Gasteiger partial charge in [0.1, 0.15) is 5.69 Å². The van der Waals surface area contributed by atoms with Crippen molar-refractivity contribution in [2.75, 3.05) is 5.32 Å². The van der Waals surface area contributed by atoms with E-state index >= 15 is 0 Å². The summed E-state index contributed by atoms with van der Waals surface area (Å²) in [6.45, 7) is 0. The summed E-state index contributed by atoms with van der Waals surface area (Å²) >= 11 is 5.84. The lowest BCUT2D eigenvalue weighted by molar-refractivity contribution is 0.0922. The molecule has 1 aliphatic carbocycles. The van der Waals surface area contributed by atoms with E-state index in [1.54, 1.807) is 30.3 Å². The molecular formula is C19H20ClN3O2. The summed E-state index contributed by atoms with van der Waals surface area (Å²) in [5, 5.41) is 6.39. The first-order valence-electron chi connectivity index (χ1n) is 8.45. The Balaban J connectivity index is 1.66. The van der Waals surface area contributed by atoms with Crippen LogP contribution < -0.4 is 10.6 Å². The van der Waals surface area contributed by atoms with Crippen molar-refractivity contribution in [3.63, 3.8) is 0 Å². The maximum atomic E-state index is 12.4. The lowest BCUT2D eigenvalue weighted by atomic mass is 9.95. The second-order valence-corrected chi connectivity index (χ2v) is 6.64. The minimum Gasteiger partial charge on any atom is -0.348 e. The molecule has 1 fully saturated rings. The van der Waals surface area contributed by atoms with Gasteiger partial charge in [0.25, 0.3) is 11.8 Å². The Morgan fingerprint density at radius 1 is 1.00 bits per heavy atom. The Morgan fingerprint density at radius 2 is 1.72 bits per heavy atom. The largest absolute Gasteiger partial charge is 0.348 e. The second-order valence-electron chi connectivity index (χ2n) is 6.20. The Labute approximate surface area is 151 Å². The molecule has 5 nitrogen and oxygen atoms in total. The van der Waals surface area contributed by atoms with Gasteiger partial charge >= 0.3 is 0 Å². The number of aromatic nitrogens is 1. The van der Waals surface area contributed by atoms with Crippen LogP contribution >= 0.6 is 11.6 Å². The SMILES string of the molecule is O=C(Nc1ccc(Cl)cc1)c1ccnc(C(=O)NC2CCCCC2)c1. The number of carbonyl (C=O) groups is 2. The lowest BCUT2D eigenvalue weighted by Crippen LogP contribution is -2.36. The van der Waals surface area contributed by atoms with Gasteiger partial charge in [-0.15, -0.1) is 0 Å². The molecule has 0 unspecified atom stereocenters. The number of nitrogens with one attached hydrogen (secondary N) is 2. The standard InChI is InChI=1S/C19H20ClN3O2/c20-14-6-8-16(9-7-14)22-18(24)13-10-11-21-17(12-13)19(25)23-15-4-2-1-3-5-15/h6-12,15H,1-5H2,(H,22,24)(H,23,25). The molecule has 130 valence electrons. The summed E-state index contributed by atoms with van der Waals surface area (Å²) < 4.78 is 0. The summed E-state index contributed by atoms with van der Waals surface area (Å²) in [5.74, 6) is -0.524. The smallest absolute Gasteiger partial charge is 0.270 e. The van der Waals surface area contributed by atoms with Gasteiger partial charge in [-0.25, -0.2) is 0 Å². The molecule has 0 radical (unpaired) electrons. The van der Waals surface area contributed by atoms with E-state index in [9.17, 15) is 9.59 Å². The summed E-state index contributed by atoms with van der Waals surface area (Å²) in [4.78, 5) is 28.8. The molecule has 3 rings (SSSR count). The van der Waals surface area contributed by atoms with Crippen LogP contribution in [-0.2, 0) is 0 Å². The fourth-order valence-corrected chi connectivity index (χ4v) is 3.06. The van der Waals surface area contributed by atoms with Crippen molar-refractivity contribution in [1.29, 1.82) is 0 Å². The van der Waals surface area contributed by atoms with Gasteiger partial charge in [-0.05, 0) is 49.2 Å². The molecule has 0 spiro atoms. The molecule has 0 bridgehead atoms. The highest BCUT2D eigenvalue weighted by Gasteiger charge is 2.18. The normalized spacial score (nSPS) is 14.8. The zero-order valence-corrected chi connectivity index (χ0v) is 14.6. The van der Waals surface area contributed by atoms with Crippen molar-refractivity contribution in [3.05, 3.63) is 58.9 Å². The Kier molecular flexibility index (Phi) is 5.66. The zero-order chi connectivity index (χ0) is 17.6. The van der Waals surface area contributed by atoms with Crippen molar-refractivity contribution < 1.29 is 9.59 Å².